The Hall–Kier alpha value is -0.990. The second-order valence-corrected chi connectivity index (χ2v) is 4.41. The number of nitrogens with zero attached hydrogens (tertiary/aromatic N) is 1. The number of hydrogen-bond acceptors (Lipinski definition) is 1. The molecule has 3 nitrogen and oxygen atoms in total. The van der Waals surface area contributed by atoms with Crippen LogP contribution >= 0.6 is 0 Å². The van der Waals surface area contributed by atoms with Crippen molar-refractivity contribution in [2.45, 2.75) is 51.9 Å². The molecule has 0 aliphatic heterocycles. The molecule has 0 radical (unpaired) electrons. The quantitative estimate of drug-likeness (QED) is 0.315. The van der Waals surface area contributed by atoms with Gasteiger partial charge in [-0.25, -0.2) is 0 Å². The standard InChI is InChI=1S/C13H25N3/c1-2-3-10-15-13(14)16-11-9-12-7-5-4-6-8-12/h7H,2-6,8-11H2,1H3,(H3,14,15,16). The van der Waals surface area contributed by atoms with E-state index in [-0.39, 0.29) is 0 Å². The lowest BCUT2D eigenvalue weighted by atomic mass is 9.97. The van der Waals surface area contributed by atoms with Gasteiger partial charge in [-0.2, -0.15) is 0 Å². The Kier molecular flexibility index (Phi) is 6.70. The summed E-state index contributed by atoms with van der Waals surface area (Å²) in [5.74, 6) is 0.602. The summed E-state index contributed by atoms with van der Waals surface area (Å²) >= 11 is 0. The summed E-state index contributed by atoms with van der Waals surface area (Å²) in [4.78, 5) is 4.26. The lowest BCUT2D eigenvalue weighted by Gasteiger charge is -2.13. The first kappa shape index (κ1) is 13.1. The van der Waals surface area contributed by atoms with Gasteiger partial charge in [-0.15, -0.1) is 0 Å². The van der Waals surface area contributed by atoms with Crippen LogP contribution in [0, 0.1) is 0 Å². The molecule has 0 aromatic heterocycles. The highest BCUT2D eigenvalue weighted by molar-refractivity contribution is 5.77. The van der Waals surface area contributed by atoms with Crippen LogP contribution in [0.2, 0.25) is 0 Å². The van der Waals surface area contributed by atoms with Gasteiger partial charge in [0.1, 0.15) is 0 Å². The summed E-state index contributed by atoms with van der Waals surface area (Å²) in [6.07, 6.45) is 11.0. The molecule has 0 saturated carbocycles. The third-order valence-electron chi connectivity index (χ3n) is 2.93. The molecule has 0 spiro atoms. The first-order chi connectivity index (χ1) is 7.83. The molecule has 0 unspecified atom stereocenters. The van der Waals surface area contributed by atoms with E-state index in [4.69, 9.17) is 5.73 Å². The summed E-state index contributed by atoms with van der Waals surface area (Å²) in [7, 11) is 0. The number of nitrogens with two attached hydrogens (primary N) is 1. The van der Waals surface area contributed by atoms with Crippen LogP contribution in [0.25, 0.3) is 0 Å². The van der Waals surface area contributed by atoms with E-state index in [9.17, 15) is 0 Å². The third-order valence-corrected chi connectivity index (χ3v) is 2.93. The maximum absolute atomic E-state index is 5.75. The maximum Gasteiger partial charge on any atom is 0.188 e. The van der Waals surface area contributed by atoms with Crippen LogP contribution in [-0.4, -0.2) is 19.0 Å². The van der Waals surface area contributed by atoms with Gasteiger partial charge < -0.3 is 11.1 Å². The molecule has 0 atom stereocenters. The molecule has 3 heteroatoms. The molecule has 0 amide bonds. The average Bonchev–Trinajstić information content (AvgIpc) is 2.31. The molecule has 0 fully saturated rings. The van der Waals surface area contributed by atoms with Gasteiger partial charge in [0.2, 0.25) is 0 Å². The Morgan fingerprint density at radius 1 is 1.50 bits per heavy atom. The molecule has 16 heavy (non-hydrogen) atoms. The zero-order valence-corrected chi connectivity index (χ0v) is 10.5. The Morgan fingerprint density at radius 2 is 2.38 bits per heavy atom. The highest BCUT2D eigenvalue weighted by atomic mass is 15.1. The summed E-state index contributed by atoms with van der Waals surface area (Å²) in [6.45, 7) is 3.93. The average molecular weight is 223 g/mol. The van der Waals surface area contributed by atoms with E-state index in [1.807, 2.05) is 0 Å². The highest BCUT2D eigenvalue weighted by Crippen LogP contribution is 2.19. The Bertz CT molecular complexity index is 244. The summed E-state index contributed by atoms with van der Waals surface area (Å²) in [6, 6.07) is 0. The fourth-order valence-corrected chi connectivity index (χ4v) is 1.90. The molecular formula is C13H25N3. The SMILES string of the molecule is CCCCN=C(N)NCCC1=CCCCC1. The summed E-state index contributed by atoms with van der Waals surface area (Å²) in [5, 5.41) is 3.18. The van der Waals surface area contributed by atoms with Crippen LogP contribution in [0.3, 0.4) is 0 Å². The van der Waals surface area contributed by atoms with Gasteiger partial charge in [0.15, 0.2) is 5.96 Å². The Balaban J connectivity index is 2.09. The van der Waals surface area contributed by atoms with Crippen molar-refractivity contribution >= 4 is 5.96 Å². The second kappa shape index (κ2) is 8.20. The van der Waals surface area contributed by atoms with Crippen molar-refractivity contribution in [2.75, 3.05) is 13.1 Å². The van der Waals surface area contributed by atoms with Crippen molar-refractivity contribution in [3.63, 3.8) is 0 Å². The highest BCUT2D eigenvalue weighted by Gasteiger charge is 2.02. The van der Waals surface area contributed by atoms with Crippen molar-refractivity contribution < 1.29 is 0 Å². The van der Waals surface area contributed by atoms with Gasteiger partial charge in [-0.3, -0.25) is 4.99 Å². The minimum absolute atomic E-state index is 0.602. The number of aliphatic imine (C=N–C) groups is 1. The van der Waals surface area contributed by atoms with E-state index in [1.165, 1.54) is 32.1 Å². The molecule has 0 heterocycles. The first-order valence-electron chi connectivity index (χ1n) is 6.54. The predicted octanol–water partition coefficient (Wildman–Crippen LogP) is 2.58. The van der Waals surface area contributed by atoms with E-state index in [1.54, 1.807) is 5.57 Å². The molecule has 1 aliphatic carbocycles. The number of rotatable bonds is 6. The maximum atomic E-state index is 5.75. The van der Waals surface area contributed by atoms with E-state index < -0.39 is 0 Å². The van der Waals surface area contributed by atoms with Crippen LogP contribution in [0.15, 0.2) is 16.6 Å². The largest absolute Gasteiger partial charge is 0.370 e. The number of hydrogen-bond donors (Lipinski definition) is 2. The van der Waals surface area contributed by atoms with E-state index in [0.29, 0.717) is 5.96 Å². The fraction of sp³-hybridized carbons (Fsp3) is 0.769. The number of unbranched alkanes of at least 4 members (excludes halogenated alkanes) is 1. The van der Waals surface area contributed by atoms with Gasteiger partial charge >= 0.3 is 0 Å². The molecule has 0 aromatic carbocycles. The van der Waals surface area contributed by atoms with Crippen molar-refractivity contribution in [1.29, 1.82) is 0 Å². The minimum atomic E-state index is 0.602. The van der Waals surface area contributed by atoms with Crippen LogP contribution in [0.1, 0.15) is 51.9 Å². The zero-order chi connectivity index (χ0) is 11.6. The monoisotopic (exact) mass is 223 g/mol. The molecule has 92 valence electrons. The summed E-state index contributed by atoms with van der Waals surface area (Å²) < 4.78 is 0. The normalized spacial score (nSPS) is 17.1. The molecule has 0 saturated heterocycles. The topological polar surface area (TPSA) is 50.4 Å². The number of nitrogens with one attached hydrogen (secondary N) is 1. The lowest BCUT2D eigenvalue weighted by Crippen LogP contribution is -2.32. The van der Waals surface area contributed by atoms with Crippen molar-refractivity contribution in [3.05, 3.63) is 11.6 Å². The van der Waals surface area contributed by atoms with Gasteiger partial charge in [-0.1, -0.05) is 25.0 Å². The van der Waals surface area contributed by atoms with Crippen LogP contribution in [0.4, 0.5) is 0 Å². The number of guanidine groups is 1. The fourth-order valence-electron chi connectivity index (χ4n) is 1.90. The van der Waals surface area contributed by atoms with E-state index >= 15 is 0 Å². The van der Waals surface area contributed by atoms with Crippen molar-refractivity contribution in [3.8, 4) is 0 Å². The van der Waals surface area contributed by atoms with Crippen molar-refractivity contribution in [1.82, 2.24) is 5.32 Å². The molecule has 1 rings (SSSR count). The van der Waals surface area contributed by atoms with Crippen LogP contribution in [-0.2, 0) is 0 Å². The Labute approximate surface area is 99.2 Å². The Morgan fingerprint density at radius 3 is 3.06 bits per heavy atom. The van der Waals surface area contributed by atoms with Crippen LogP contribution in [0.5, 0.6) is 0 Å². The third kappa shape index (κ3) is 5.79. The minimum Gasteiger partial charge on any atom is -0.370 e. The summed E-state index contributed by atoms with van der Waals surface area (Å²) in [5.41, 5.74) is 7.33. The molecular weight excluding hydrogens is 198 g/mol. The van der Waals surface area contributed by atoms with Gasteiger partial charge in [0, 0.05) is 13.1 Å². The predicted molar refractivity (Wildman–Crippen MR) is 70.6 cm³/mol. The molecule has 3 N–H and O–H groups in total. The first-order valence-corrected chi connectivity index (χ1v) is 6.54. The number of allylic oxidation sites excluding steroid dienone is 1. The molecule has 0 bridgehead atoms. The second-order valence-electron chi connectivity index (χ2n) is 4.41. The van der Waals surface area contributed by atoms with Gasteiger partial charge in [0.05, 0.1) is 0 Å². The lowest BCUT2D eigenvalue weighted by molar-refractivity contribution is 0.667. The van der Waals surface area contributed by atoms with E-state index in [0.717, 1.165) is 25.9 Å². The molecule has 0 aromatic rings. The van der Waals surface area contributed by atoms with Crippen molar-refractivity contribution in [2.24, 2.45) is 10.7 Å². The zero-order valence-electron chi connectivity index (χ0n) is 10.5. The molecule has 1 aliphatic rings. The van der Waals surface area contributed by atoms with Gasteiger partial charge in [-0.05, 0) is 38.5 Å². The smallest absolute Gasteiger partial charge is 0.188 e. The van der Waals surface area contributed by atoms with E-state index in [2.05, 4.69) is 23.3 Å². The van der Waals surface area contributed by atoms with Crippen LogP contribution < -0.4 is 11.1 Å². The van der Waals surface area contributed by atoms with Gasteiger partial charge in [0.25, 0.3) is 0 Å².